The minimum atomic E-state index is -0.617. The molecule has 1 aliphatic heterocycles. The van der Waals surface area contributed by atoms with Gasteiger partial charge in [-0.1, -0.05) is 12.1 Å². The summed E-state index contributed by atoms with van der Waals surface area (Å²) >= 11 is 1.21. The third-order valence-corrected chi connectivity index (χ3v) is 5.59. The van der Waals surface area contributed by atoms with Crippen LogP contribution < -0.4 is 14.8 Å². The summed E-state index contributed by atoms with van der Waals surface area (Å²) in [5, 5.41) is 2.79. The molecule has 170 valence electrons. The monoisotopic (exact) mass is 469 g/mol. The molecule has 2 heterocycles. The molecule has 0 saturated carbocycles. The maximum atomic E-state index is 12.6. The number of anilines is 1. The highest BCUT2D eigenvalue weighted by Crippen LogP contribution is 2.34. The molecule has 0 saturated heterocycles. The lowest BCUT2D eigenvalue weighted by Crippen LogP contribution is -2.14. The molecule has 33 heavy (non-hydrogen) atoms. The van der Waals surface area contributed by atoms with E-state index >= 15 is 0 Å². The predicted molar refractivity (Wildman–Crippen MR) is 118 cm³/mol. The molecule has 0 aliphatic carbocycles. The summed E-state index contributed by atoms with van der Waals surface area (Å²) in [6, 6.07) is 14.9. The largest absolute Gasteiger partial charge is 0.463 e. The van der Waals surface area contributed by atoms with Crippen LogP contribution in [0.2, 0.25) is 0 Å². The van der Waals surface area contributed by atoms with Crippen LogP contribution >= 0.6 is 11.8 Å². The quantitative estimate of drug-likeness (QED) is 0.388. The Morgan fingerprint density at radius 1 is 1.00 bits per heavy atom. The molecule has 1 amide bonds. The third kappa shape index (κ3) is 5.47. The smallest absolute Gasteiger partial charge is 0.373 e. The van der Waals surface area contributed by atoms with Crippen LogP contribution in [0.25, 0.3) is 0 Å². The van der Waals surface area contributed by atoms with Gasteiger partial charge in [-0.3, -0.25) is 4.79 Å². The second kappa shape index (κ2) is 10.1. The number of carbonyl (C=O) groups excluding carboxylic acids is 3. The molecular formula is C23H19NO8S. The van der Waals surface area contributed by atoms with Gasteiger partial charge in [0.2, 0.25) is 18.5 Å². The fraction of sp³-hybridized carbons (Fsp3) is 0.174. The van der Waals surface area contributed by atoms with E-state index in [1.54, 1.807) is 42.5 Å². The van der Waals surface area contributed by atoms with Crippen LogP contribution in [-0.4, -0.2) is 37.5 Å². The molecule has 2 aromatic carbocycles. The number of carbonyl (C=O) groups is 3. The number of benzene rings is 2. The Labute approximate surface area is 193 Å². The summed E-state index contributed by atoms with van der Waals surface area (Å²) in [4.78, 5) is 37.0. The number of rotatable bonds is 8. The molecular weight excluding hydrogens is 450 g/mol. The van der Waals surface area contributed by atoms with E-state index in [1.165, 1.54) is 31.0 Å². The number of hydrogen-bond acceptors (Lipinski definition) is 9. The van der Waals surface area contributed by atoms with E-state index < -0.39 is 11.9 Å². The minimum absolute atomic E-state index is 0.0213. The lowest BCUT2D eigenvalue weighted by atomic mass is 10.2. The topological polar surface area (TPSA) is 113 Å². The summed E-state index contributed by atoms with van der Waals surface area (Å²) < 4.78 is 25.7. The number of thioether (sulfide) groups is 1. The zero-order chi connectivity index (χ0) is 23.2. The number of furan rings is 1. The number of amides is 1. The fourth-order valence-corrected chi connectivity index (χ4v) is 3.80. The van der Waals surface area contributed by atoms with Crippen molar-refractivity contribution in [2.24, 2.45) is 0 Å². The van der Waals surface area contributed by atoms with Gasteiger partial charge in [0, 0.05) is 16.6 Å². The Bertz CT molecular complexity index is 1190. The molecule has 1 N–H and O–H groups in total. The number of hydrogen-bond donors (Lipinski definition) is 1. The van der Waals surface area contributed by atoms with Crippen molar-refractivity contribution in [1.82, 2.24) is 0 Å². The summed E-state index contributed by atoms with van der Waals surface area (Å²) in [6.07, 6.45) is 0. The first-order valence-corrected chi connectivity index (χ1v) is 10.8. The number of esters is 2. The predicted octanol–water partition coefficient (Wildman–Crippen LogP) is 3.88. The van der Waals surface area contributed by atoms with Gasteiger partial charge in [-0.25, -0.2) is 9.59 Å². The van der Waals surface area contributed by atoms with Gasteiger partial charge >= 0.3 is 11.9 Å². The molecule has 0 radical (unpaired) electrons. The minimum Gasteiger partial charge on any atom is -0.463 e. The van der Waals surface area contributed by atoms with Crippen molar-refractivity contribution >= 4 is 35.3 Å². The summed E-state index contributed by atoms with van der Waals surface area (Å²) in [6.45, 7) is 0.00125. The van der Waals surface area contributed by atoms with Crippen LogP contribution in [0.5, 0.6) is 11.5 Å². The standard InChI is InChI=1S/C23H19NO8S/c1-28-23(27)18-9-7-15(32-18)11-29-22(26)16-4-2-3-5-20(16)33-12-21(25)24-14-6-8-17-19(10-14)31-13-30-17/h2-10H,11-13H2,1H3,(H,24,25). The lowest BCUT2D eigenvalue weighted by molar-refractivity contribution is -0.113. The second-order valence-corrected chi connectivity index (χ2v) is 7.75. The van der Waals surface area contributed by atoms with Crippen LogP contribution in [0.3, 0.4) is 0 Å². The molecule has 0 unspecified atom stereocenters. The van der Waals surface area contributed by atoms with Crippen molar-refractivity contribution in [2.75, 3.05) is 25.0 Å². The molecule has 1 aromatic heterocycles. The van der Waals surface area contributed by atoms with E-state index in [0.717, 1.165) is 0 Å². The van der Waals surface area contributed by atoms with Gasteiger partial charge in [-0.2, -0.15) is 0 Å². The van der Waals surface area contributed by atoms with Gasteiger partial charge in [0.05, 0.1) is 18.4 Å². The number of nitrogens with one attached hydrogen (secondary N) is 1. The van der Waals surface area contributed by atoms with Crippen molar-refractivity contribution in [1.29, 1.82) is 0 Å². The van der Waals surface area contributed by atoms with Crippen LogP contribution in [0.15, 0.2) is 63.9 Å². The molecule has 0 bridgehead atoms. The van der Waals surface area contributed by atoms with Crippen LogP contribution in [0.4, 0.5) is 5.69 Å². The molecule has 0 fully saturated rings. The zero-order valence-electron chi connectivity index (χ0n) is 17.5. The lowest BCUT2D eigenvalue weighted by Gasteiger charge is -2.09. The first-order chi connectivity index (χ1) is 16.0. The Balaban J connectivity index is 1.33. The van der Waals surface area contributed by atoms with Gasteiger partial charge in [0.25, 0.3) is 0 Å². The van der Waals surface area contributed by atoms with Gasteiger partial charge in [0.1, 0.15) is 12.4 Å². The molecule has 0 atom stereocenters. The van der Waals surface area contributed by atoms with Gasteiger partial charge in [-0.05, 0) is 36.4 Å². The molecule has 3 aromatic rings. The van der Waals surface area contributed by atoms with Gasteiger partial charge in [0.15, 0.2) is 11.5 Å². The Morgan fingerprint density at radius 2 is 1.82 bits per heavy atom. The highest BCUT2D eigenvalue weighted by molar-refractivity contribution is 8.00. The normalized spacial score (nSPS) is 11.7. The summed E-state index contributed by atoms with van der Waals surface area (Å²) in [7, 11) is 1.24. The average Bonchev–Trinajstić information content (AvgIpc) is 3.50. The zero-order valence-corrected chi connectivity index (χ0v) is 18.3. The molecule has 10 heteroatoms. The van der Waals surface area contributed by atoms with Crippen molar-refractivity contribution in [3.63, 3.8) is 0 Å². The van der Waals surface area contributed by atoms with Crippen molar-refractivity contribution in [3.8, 4) is 11.5 Å². The van der Waals surface area contributed by atoms with Gasteiger partial charge < -0.3 is 28.7 Å². The molecule has 9 nitrogen and oxygen atoms in total. The fourth-order valence-electron chi connectivity index (χ4n) is 2.96. The summed E-state index contributed by atoms with van der Waals surface area (Å²) in [5.41, 5.74) is 0.903. The van der Waals surface area contributed by atoms with Crippen LogP contribution in [0, 0.1) is 0 Å². The number of ether oxygens (including phenoxy) is 4. The van der Waals surface area contributed by atoms with E-state index in [2.05, 4.69) is 10.1 Å². The van der Waals surface area contributed by atoms with E-state index in [9.17, 15) is 14.4 Å². The SMILES string of the molecule is COC(=O)c1ccc(COC(=O)c2ccccc2SCC(=O)Nc2ccc3c(c2)OCO3)o1. The van der Waals surface area contributed by atoms with Gasteiger partial charge in [-0.15, -0.1) is 11.8 Å². The first kappa shape index (κ1) is 22.3. The summed E-state index contributed by atoms with van der Waals surface area (Å²) in [5.74, 6) is 0.172. The van der Waals surface area contributed by atoms with Crippen molar-refractivity contribution in [2.45, 2.75) is 11.5 Å². The van der Waals surface area contributed by atoms with E-state index in [0.29, 0.717) is 33.4 Å². The van der Waals surface area contributed by atoms with E-state index in [1.807, 2.05) is 0 Å². The number of fused-ring (bicyclic) bond motifs is 1. The van der Waals surface area contributed by atoms with E-state index in [-0.39, 0.29) is 30.8 Å². The molecule has 1 aliphatic rings. The average molecular weight is 469 g/mol. The van der Waals surface area contributed by atoms with Crippen LogP contribution in [-0.2, 0) is 20.9 Å². The Hall–Kier alpha value is -3.92. The molecule has 4 rings (SSSR count). The highest BCUT2D eigenvalue weighted by Gasteiger charge is 2.17. The van der Waals surface area contributed by atoms with Crippen molar-refractivity contribution < 1.29 is 37.7 Å². The van der Waals surface area contributed by atoms with Crippen LogP contribution in [0.1, 0.15) is 26.7 Å². The Morgan fingerprint density at radius 3 is 2.67 bits per heavy atom. The highest BCUT2D eigenvalue weighted by atomic mass is 32.2. The Kier molecular flexibility index (Phi) is 6.84. The first-order valence-electron chi connectivity index (χ1n) is 9.79. The van der Waals surface area contributed by atoms with Crippen molar-refractivity contribution in [3.05, 3.63) is 71.7 Å². The second-order valence-electron chi connectivity index (χ2n) is 6.73. The third-order valence-electron chi connectivity index (χ3n) is 4.52. The number of methoxy groups -OCH3 is 1. The van der Waals surface area contributed by atoms with E-state index in [4.69, 9.17) is 18.6 Å². The molecule has 0 spiro atoms. The maximum absolute atomic E-state index is 12.6. The maximum Gasteiger partial charge on any atom is 0.373 e.